The number of aliphatic hydroxyl groups excluding tert-OH is 2. The van der Waals surface area contributed by atoms with Crippen LogP contribution < -0.4 is 5.32 Å². The summed E-state index contributed by atoms with van der Waals surface area (Å²) in [5, 5.41) is 21.2. The van der Waals surface area contributed by atoms with Crippen LogP contribution >= 0.6 is 0 Å². The second-order valence-electron chi connectivity index (χ2n) is 4.84. The third-order valence-electron chi connectivity index (χ3n) is 2.72. The van der Waals surface area contributed by atoms with Crippen LogP contribution in [-0.4, -0.2) is 41.2 Å². The van der Waals surface area contributed by atoms with Gasteiger partial charge in [0.05, 0.1) is 6.61 Å². The lowest BCUT2D eigenvalue weighted by molar-refractivity contribution is -0.137. The minimum absolute atomic E-state index is 0.162. The molecule has 0 aliphatic rings. The summed E-state index contributed by atoms with van der Waals surface area (Å²) in [6, 6.07) is 0. The van der Waals surface area contributed by atoms with Gasteiger partial charge < -0.3 is 15.5 Å². The summed E-state index contributed by atoms with van der Waals surface area (Å²) < 4.78 is 0. The zero-order valence-electron chi connectivity index (χ0n) is 10.8. The Morgan fingerprint density at radius 3 is 2.41 bits per heavy atom. The molecule has 5 nitrogen and oxygen atoms in total. The predicted octanol–water partition coefficient (Wildman–Crippen LogP) is 0.241. The molecule has 0 spiro atoms. The van der Waals surface area contributed by atoms with Crippen molar-refractivity contribution in [3.8, 4) is 0 Å². The van der Waals surface area contributed by atoms with E-state index in [4.69, 9.17) is 5.11 Å². The van der Waals surface area contributed by atoms with Gasteiger partial charge in [-0.25, -0.2) is 0 Å². The largest absolute Gasteiger partial charge is 0.396 e. The van der Waals surface area contributed by atoms with Crippen LogP contribution in [0.1, 0.15) is 40.0 Å². The van der Waals surface area contributed by atoms with Gasteiger partial charge in [0.1, 0.15) is 11.9 Å². The summed E-state index contributed by atoms with van der Waals surface area (Å²) in [4.78, 5) is 22.5. The highest BCUT2D eigenvalue weighted by atomic mass is 16.3. The number of rotatable bonds is 8. The maximum Gasteiger partial charge on any atom is 0.249 e. The standard InChI is InChI=1S/C12H23NO4/c1-4-9(15)6-5-7-13-11(17)10(16)12(2,3)8-14/h10,14,16H,4-8H2,1-3H3,(H,13,17)/t10-/m0/s1. The van der Waals surface area contributed by atoms with Gasteiger partial charge in [0.2, 0.25) is 5.91 Å². The SMILES string of the molecule is CCC(=O)CCCNC(=O)[C@H](O)C(C)(C)CO. The van der Waals surface area contributed by atoms with Crippen molar-refractivity contribution in [2.24, 2.45) is 5.41 Å². The highest BCUT2D eigenvalue weighted by molar-refractivity contribution is 5.81. The van der Waals surface area contributed by atoms with Gasteiger partial charge in [-0.1, -0.05) is 20.8 Å². The Morgan fingerprint density at radius 2 is 1.94 bits per heavy atom. The van der Waals surface area contributed by atoms with E-state index in [0.29, 0.717) is 25.8 Å². The predicted molar refractivity (Wildman–Crippen MR) is 64.4 cm³/mol. The van der Waals surface area contributed by atoms with Crippen LogP contribution in [0.25, 0.3) is 0 Å². The van der Waals surface area contributed by atoms with Crippen molar-refractivity contribution in [2.75, 3.05) is 13.2 Å². The molecule has 0 radical (unpaired) electrons. The minimum Gasteiger partial charge on any atom is -0.396 e. The molecule has 0 aromatic heterocycles. The van der Waals surface area contributed by atoms with Crippen LogP contribution in [0.15, 0.2) is 0 Å². The zero-order chi connectivity index (χ0) is 13.5. The minimum atomic E-state index is -1.24. The van der Waals surface area contributed by atoms with E-state index in [1.165, 1.54) is 0 Å². The molecule has 0 fully saturated rings. The third kappa shape index (κ3) is 5.79. The fourth-order valence-corrected chi connectivity index (χ4v) is 1.21. The molecule has 100 valence electrons. The molecule has 5 heteroatoms. The molecule has 0 saturated carbocycles. The van der Waals surface area contributed by atoms with Crippen molar-refractivity contribution in [1.29, 1.82) is 0 Å². The summed E-state index contributed by atoms with van der Waals surface area (Å²) in [6.07, 6.45) is 0.282. The maximum absolute atomic E-state index is 11.5. The molecule has 0 heterocycles. The van der Waals surface area contributed by atoms with Crippen LogP contribution in [-0.2, 0) is 9.59 Å². The average Bonchev–Trinajstić information content (AvgIpc) is 2.32. The Balaban J connectivity index is 3.91. The Bertz CT molecular complexity index is 263. The quantitative estimate of drug-likeness (QED) is 0.535. The zero-order valence-corrected chi connectivity index (χ0v) is 10.8. The van der Waals surface area contributed by atoms with Crippen LogP contribution in [0.2, 0.25) is 0 Å². The molecular formula is C12H23NO4. The average molecular weight is 245 g/mol. The number of Topliss-reactive ketones (excluding diaryl/α,β-unsaturated/α-hetero) is 1. The van der Waals surface area contributed by atoms with Gasteiger partial charge in [-0.2, -0.15) is 0 Å². The van der Waals surface area contributed by atoms with Crippen molar-refractivity contribution >= 4 is 11.7 Å². The van der Waals surface area contributed by atoms with E-state index in [1.807, 2.05) is 0 Å². The van der Waals surface area contributed by atoms with Crippen LogP contribution in [0.5, 0.6) is 0 Å². The van der Waals surface area contributed by atoms with Gasteiger partial charge in [0.25, 0.3) is 0 Å². The van der Waals surface area contributed by atoms with Crippen molar-refractivity contribution in [3.63, 3.8) is 0 Å². The lowest BCUT2D eigenvalue weighted by atomic mass is 9.87. The molecule has 1 amide bonds. The normalized spacial score (nSPS) is 13.2. The van der Waals surface area contributed by atoms with Crippen molar-refractivity contribution < 1.29 is 19.8 Å². The molecular weight excluding hydrogens is 222 g/mol. The summed E-state index contributed by atoms with van der Waals surface area (Å²) in [5.74, 6) is -0.344. The van der Waals surface area contributed by atoms with Crippen LogP contribution in [0, 0.1) is 5.41 Å². The number of hydrogen-bond acceptors (Lipinski definition) is 4. The second-order valence-corrected chi connectivity index (χ2v) is 4.84. The molecule has 0 aromatic rings. The first-order chi connectivity index (χ1) is 7.85. The first-order valence-corrected chi connectivity index (χ1v) is 5.93. The lowest BCUT2D eigenvalue weighted by Gasteiger charge is -2.27. The number of ketones is 1. The Kier molecular flexibility index (Phi) is 6.99. The molecule has 0 aliphatic heterocycles. The summed E-state index contributed by atoms with van der Waals surface area (Å²) in [6.45, 7) is 5.11. The first-order valence-electron chi connectivity index (χ1n) is 5.93. The summed E-state index contributed by atoms with van der Waals surface area (Å²) >= 11 is 0. The van der Waals surface area contributed by atoms with Crippen molar-refractivity contribution in [1.82, 2.24) is 5.32 Å². The molecule has 3 N–H and O–H groups in total. The van der Waals surface area contributed by atoms with Crippen LogP contribution in [0.3, 0.4) is 0 Å². The van der Waals surface area contributed by atoms with E-state index in [2.05, 4.69) is 5.32 Å². The molecule has 17 heavy (non-hydrogen) atoms. The lowest BCUT2D eigenvalue weighted by Crippen LogP contribution is -2.45. The fraction of sp³-hybridized carbons (Fsp3) is 0.833. The number of amides is 1. The molecule has 0 aliphatic carbocycles. The number of nitrogens with one attached hydrogen (secondary N) is 1. The maximum atomic E-state index is 11.5. The highest BCUT2D eigenvalue weighted by Crippen LogP contribution is 2.19. The summed E-state index contributed by atoms with van der Waals surface area (Å²) in [5.41, 5.74) is -0.858. The van der Waals surface area contributed by atoms with Crippen molar-refractivity contribution in [2.45, 2.75) is 46.1 Å². The third-order valence-corrected chi connectivity index (χ3v) is 2.72. The number of carbonyl (C=O) groups excluding carboxylic acids is 2. The van der Waals surface area contributed by atoms with Crippen LogP contribution in [0.4, 0.5) is 0 Å². The van der Waals surface area contributed by atoms with Gasteiger partial charge in [-0.3, -0.25) is 9.59 Å². The van der Waals surface area contributed by atoms with E-state index in [-0.39, 0.29) is 12.4 Å². The van der Waals surface area contributed by atoms with E-state index in [9.17, 15) is 14.7 Å². The van der Waals surface area contributed by atoms with E-state index >= 15 is 0 Å². The topological polar surface area (TPSA) is 86.6 Å². The van der Waals surface area contributed by atoms with Gasteiger partial charge in [0, 0.05) is 24.8 Å². The van der Waals surface area contributed by atoms with E-state index < -0.39 is 17.4 Å². The van der Waals surface area contributed by atoms with Crippen molar-refractivity contribution in [3.05, 3.63) is 0 Å². The molecule has 1 atom stereocenters. The Morgan fingerprint density at radius 1 is 1.35 bits per heavy atom. The van der Waals surface area contributed by atoms with Gasteiger partial charge in [-0.15, -0.1) is 0 Å². The number of carbonyl (C=O) groups is 2. The Hall–Kier alpha value is -0.940. The summed E-state index contributed by atoms with van der Waals surface area (Å²) in [7, 11) is 0. The number of aliphatic hydroxyl groups is 2. The molecule has 0 rings (SSSR count). The first kappa shape index (κ1) is 16.1. The van der Waals surface area contributed by atoms with Gasteiger partial charge in [-0.05, 0) is 6.42 Å². The van der Waals surface area contributed by atoms with E-state index in [1.54, 1.807) is 20.8 Å². The smallest absolute Gasteiger partial charge is 0.249 e. The highest BCUT2D eigenvalue weighted by Gasteiger charge is 2.32. The second kappa shape index (κ2) is 7.40. The fourth-order valence-electron chi connectivity index (χ4n) is 1.21. The molecule has 0 saturated heterocycles. The van der Waals surface area contributed by atoms with E-state index in [0.717, 1.165) is 0 Å². The Labute approximate surface area is 102 Å². The monoisotopic (exact) mass is 245 g/mol. The molecule has 0 aromatic carbocycles. The molecule has 0 bridgehead atoms. The van der Waals surface area contributed by atoms with Gasteiger partial charge in [0.15, 0.2) is 0 Å². The molecule has 0 unspecified atom stereocenters. The number of hydrogen-bond donors (Lipinski definition) is 3. The van der Waals surface area contributed by atoms with Gasteiger partial charge >= 0.3 is 0 Å².